The highest BCUT2D eigenvalue weighted by atomic mass is 16.6. The monoisotopic (exact) mass is 680 g/mol. The highest BCUT2D eigenvalue weighted by Crippen LogP contribution is 2.57. The summed E-state index contributed by atoms with van der Waals surface area (Å²) in [5.74, 6) is -0.407. The van der Waals surface area contributed by atoms with Crippen molar-refractivity contribution in [3.8, 4) is 11.5 Å². The summed E-state index contributed by atoms with van der Waals surface area (Å²) in [6, 6.07) is 12.5. The van der Waals surface area contributed by atoms with Crippen molar-refractivity contribution < 1.29 is 29.3 Å². The topological polar surface area (TPSA) is 99.5 Å². The highest BCUT2D eigenvalue weighted by molar-refractivity contribution is 5.87. The van der Waals surface area contributed by atoms with E-state index in [0.29, 0.717) is 35.4 Å². The standard InChI is InChI=1S/C42H52N2O6/c1-3-19-43-21-17-41-15-7-5-9-31(41)35(43)23-27-11-13-29(25-33(27)41)49-39(47)37(45)38(46)40(48)50-30-14-12-28-24-36-32-10-6-8-16-42(32,34(28)26-30)18-22-44(36)20-4-2/h3-4,11-14,25-26,31-32,35-38,45-46H,1-2,5-10,15-24H2/t31-,32-,35+,36+,37?,38?,41+,42+/m0/s1. The molecule has 2 heterocycles. The minimum absolute atomic E-state index is 0.0497. The largest absolute Gasteiger partial charge is 0.425 e. The number of aliphatic hydroxyl groups excluding tert-OH is 2. The summed E-state index contributed by atoms with van der Waals surface area (Å²) in [6.07, 6.45) is 13.3. The summed E-state index contributed by atoms with van der Waals surface area (Å²) >= 11 is 0. The molecule has 2 aliphatic heterocycles. The number of rotatable bonds is 9. The van der Waals surface area contributed by atoms with Crippen LogP contribution in [0.1, 0.15) is 86.5 Å². The van der Waals surface area contributed by atoms with Crippen LogP contribution >= 0.6 is 0 Å². The van der Waals surface area contributed by atoms with Crippen molar-refractivity contribution >= 4 is 11.9 Å². The van der Waals surface area contributed by atoms with Crippen LogP contribution in [0.25, 0.3) is 0 Å². The number of hydrogen-bond acceptors (Lipinski definition) is 8. The molecule has 2 saturated carbocycles. The maximum Gasteiger partial charge on any atom is 0.343 e. The number of esters is 2. The number of benzene rings is 2. The molecule has 8 rings (SSSR count). The molecule has 2 aromatic rings. The summed E-state index contributed by atoms with van der Waals surface area (Å²) in [5.41, 5.74) is 5.17. The van der Waals surface area contributed by atoms with Crippen molar-refractivity contribution in [3.05, 3.63) is 84.0 Å². The maximum absolute atomic E-state index is 13.2. The predicted molar refractivity (Wildman–Crippen MR) is 191 cm³/mol. The zero-order valence-electron chi connectivity index (χ0n) is 29.2. The molecule has 4 fully saturated rings. The van der Waals surface area contributed by atoms with Crippen LogP contribution in [-0.4, -0.2) is 82.4 Å². The molecule has 2 unspecified atom stereocenters. The third kappa shape index (κ3) is 5.49. The predicted octanol–water partition coefficient (Wildman–Crippen LogP) is 5.41. The van der Waals surface area contributed by atoms with Gasteiger partial charge >= 0.3 is 11.9 Å². The van der Waals surface area contributed by atoms with E-state index in [2.05, 4.69) is 23.0 Å². The van der Waals surface area contributed by atoms with E-state index in [9.17, 15) is 19.8 Å². The summed E-state index contributed by atoms with van der Waals surface area (Å²) in [4.78, 5) is 31.5. The fourth-order valence-corrected chi connectivity index (χ4v) is 11.7. The Bertz CT molecular complexity index is 1550. The molecule has 50 heavy (non-hydrogen) atoms. The Morgan fingerprint density at radius 3 is 1.58 bits per heavy atom. The molecule has 2 N–H and O–H groups in total. The molecule has 0 aromatic heterocycles. The van der Waals surface area contributed by atoms with Gasteiger partial charge in [0.2, 0.25) is 0 Å². The first-order valence-corrected chi connectivity index (χ1v) is 19.0. The van der Waals surface area contributed by atoms with Crippen LogP contribution in [0.5, 0.6) is 11.5 Å². The summed E-state index contributed by atoms with van der Waals surface area (Å²) < 4.78 is 11.3. The second-order valence-corrected chi connectivity index (χ2v) is 16.0. The number of carbonyl (C=O) groups excluding carboxylic acids is 2. The van der Waals surface area contributed by atoms with Gasteiger partial charge < -0.3 is 19.7 Å². The van der Waals surface area contributed by atoms with Crippen LogP contribution < -0.4 is 9.47 Å². The van der Waals surface area contributed by atoms with Crippen LogP contribution in [-0.2, 0) is 33.3 Å². The van der Waals surface area contributed by atoms with E-state index in [1.165, 1.54) is 60.8 Å². The number of fused-ring (bicyclic) bond motifs is 2. The number of carbonyl (C=O) groups is 2. The maximum atomic E-state index is 13.2. The fraction of sp³-hybridized carbons (Fsp3) is 0.571. The molecule has 266 valence electrons. The molecule has 4 aliphatic carbocycles. The van der Waals surface area contributed by atoms with Gasteiger partial charge in [0.05, 0.1) is 0 Å². The molecule has 0 radical (unpaired) electrons. The smallest absolute Gasteiger partial charge is 0.343 e. The minimum atomic E-state index is -2.08. The van der Waals surface area contributed by atoms with E-state index < -0.39 is 24.1 Å². The molecule has 0 spiro atoms. The molecule has 2 saturated heterocycles. The molecule has 8 atom stereocenters. The number of aliphatic hydroxyl groups is 2. The minimum Gasteiger partial charge on any atom is -0.425 e. The van der Waals surface area contributed by atoms with E-state index in [4.69, 9.17) is 9.47 Å². The Morgan fingerprint density at radius 1 is 0.720 bits per heavy atom. The highest BCUT2D eigenvalue weighted by Gasteiger charge is 2.55. The van der Waals surface area contributed by atoms with Crippen LogP contribution in [0, 0.1) is 11.8 Å². The number of piperidine rings is 2. The van der Waals surface area contributed by atoms with Crippen LogP contribution in [0.4, 0.5) is 0 Å². The molecular formula is C42H52N2O6. The van der Waals surface area contributed by atoms with Gasteiger partial charge in [0, 0.05) is 36.0 Å². The van der Waals surface area contributed by atoms with E-state index in [1.54, 1.807) is 12.1 Å². The van der Waals surface area contributed by atoms with Gasteiger partial charge in [0.25, 0.3) is 0 Å². The van der Waals surface area contributed by atoms with E-state index in [0.717, 1.165) is 64.7 Å². The first kappa shape index (κ1) is 33.8. The van der Waals surface area contributed by atoms with Gasteiger partial charge in [0.15, 0.2) is 12.2 Å². The number of likely N-dealkylation sites (tertiary alicyclic amines) is 2. The number of ether oxygens (including phenoxy) is 2. The molecule has 8 heteroatoms. The van der Waals surface area contributed by atoms with Crippen molar-refractivity contribution in [1.29, 1.82) is 0 Å². The lowest BCUT2D eigenvalue weighted by Crippen LogP contribution is -2.60. The average molecular weight is 681 g/mol. The molecule has 6 aliphatic rings. The van der Waals surface area contributed by atoms with Crippen LogP contribution in [0.2, 0.25) is 0 Å². The molecule has 4 bridgehead atoms. The average Bonchev–Trinajstić information content (AvgIpc) is 3.13. The quantitative estimate of drug-likeness (QED) is 0.206. The molecule has 8 nitrogen and oxygen atoms in total. The third-order valence-electron chi connectivity index (χ3n) is 13.8. The van der Waals surface area contributed by atoms with Gasteiger partial charge in [-0.25, -0.2) is 9.59 Å². The normalized spacial score (nSPS) is 32.6. The Kier molecular flexibility index (Phi) is 9.03. The van der Waals surface area contributed by atoms with Crippen LogP contribution in [0.15, 0.2) is 61.7 Å². The Labute approximate surface area is 296 Å². The van der Waals surface area contributed by atoms with Gasteiger partial charge in [-0.3, -0.25) is 9.80 Å². The van der Waals surface area contributed by atoms with Gasteiger partial charge in [-0.15, -0.1) is 13.2 Å². The van der Waals surface area contributed by atoms with Crippen LogP contribution in [0.3, 0.4) is 0 Å². The SMILES string of the molecule is C=CCN1CC[C@]23CCCC[C@H]2[C@H]1Cc1ccc(OC(=O)C(O)C(O)C(=O)Oc2ccc4c(c2)[C@@]25CCCC[C@H]2[C@@H](C4)N(CC=C)CC5)cc13. The van der Waals surface area contributed by atoms with Gasteiger partial charge in [0.1, 0.15) is 11.5 Å². The lowest BCUT2D eigenvalue weighted by molar-refractivity contribution is -0.162. The summed E-state index contributed by atoms with van der Waals surface area (Å²) in [6.45, 7) is 11.8. The van der Waals surface area contributed by atoms with E-state index in [1.807, 2.05) is 36.4 Å². The van der Waals surface area contributed by atoms with Crippen molar-refractivity contribution in [1.82, 2.24) is 9.80 Å². The van der Waals surface area contributed by atoms with E-state index >= 15 is 0 Å². The van der Waals surface area contributed by atoms with Crippen molar-refractivity contribution in [2.24, 2.45) is 11.8 Å². The van der Waals surface area contributed by atoms with Crippen molar-refractivity contribution in [2.45, 2.75) is 112 Å². The van der Waals surface area contributed by atoms with E-state index in [-0.39, 0.29) is 10.8 Å². The second-order valence-electron chi connectivity index (χ2n) is 16.0. The first-order chi connectivity index (χ1) is 24.3. The van der Waals surface area contributed by atoms with Gasteiger partial charge in [-0.2, -0.15) is 0 Å². The zero-order valence-corrected chi connectivity index (χ0v) is 29.2. The Balaban J connectivity index is 0.961. The van der Waals surface area contributed by atoms with Crippen molar-refractivity contribution in [2.75, 3.05) is 26.2 Å². The zero-order chi connectivity index (χ0) is 34.6. The lowest BCUT2D eigenvalue weighted by atomic mass is 9.52. The van der Waals surface area contributed by atoms with Gasteiger partial charge in [-0.05, 0) is 123 Å². The van der Waals surface area contributed by atoms with Gasteiger partial charge in [-0.1, -0.05) is 50.0 Å². The molecule has 2 aromatic carbocycles. The number of hydrogen-bond donors (Lipinski definition) is 2. The third-order valence-corrected chi connectivity index (χ3v) is 13.8. The summed E-state index contributed by atoms with van der Waals surface area (Å²) in [5, 5.41) is 21.6. The number of nitrogens with zero attached hydrogens (tertiary/aromatic N) is 2. The molecule has 0 amide bonds. The first-order valence-electron chi connectivity index (χ1n) is 19.0. The fourth-order valence-electron chi connectivity index (χ4n) is 11.7. The van der Waals surface area contributed by atoms with Crippen molar-refractivity contribution in [3.63, 3.8) is 0 Å². The lowest BCUT2D eigenvalue weighted by Gasteiger charge is -2.59. The molecular weight excluding hydrogens is 628 g/mol. The summed E-state index contributed by atoms with van der Waals surface area (Å²) in [7, 11) is 0. The Hall–Kier alpha value is -3.30. The Morgan fingerprint density at radius 2 is 1.16 bits per heavy atom. The second kappa shape index (κ2) is 13.4.